The first-order valence-electron chi connectivity index (χ1n) is 8.57. The van der Waals surface area contributed by atoms with Crippen molar-refractivity contribution >= 4 is 16.9 Å². The summed E-state index contributed by atoms with van der Waals surface area (Å²) in [6.45, 7) is 0. The zero-order valence-electron chi connectivity index (χ0n) is 14.4. The summed E-state index contributed by atoms with van der Waals surface area (Å²) in [4.78, 5) is 29.1. The Morgan fingerprint density at radius 1 is 1.00 bits per heavy atom. The second-order valence-electron chi connectivity index (χ2n) is 6.07. The molecule has 0 fully saturated rings. The average molecular weight is 359 g/mol. The molecular formula is C20H17N5O2. The van der Waals surface area contributed by atoms with Gasteiger partial charge in [0, 0.05) is 6.42 Å². The summed E-state index contributed by atoms with van der Waals surface area (Å²) in [6.07, 6.45) is 3.65. The number of carbonyl (C=O) groups excluding carboxylic acids is 1. The van der Waals surface area contributed by atoms with E-state index in [-0.39, 0.29) is 17.9 Å². The lowest BCUT2D eigenvalue weighted by molar-refractivity contribution is -0.117. The van der Waals surface area contributed by atoms with Crippen LogP contribution in [0.5, 0.6) is 0 Å². The maximum atomic E-state index is 12.6. The first-order valence-corrected chi connectivity index (χ1v) is 8.57. The third-order valence-electron chi connectivity index (χ3n) is 4.22. The fraction of sp³-hybridized carbons (Fsp3) is 0.100. The molecule has 4 rings (SSSR count). The zero-order valence-corrected chi connectivity index (χ0v) is 14.4. The number of fused-ring (bicyclic) bond motifs is 1. The van der Waals surface area contributed by atoms with E-state index in [9.17, 15) is 9.59 Å². The SMILES string of the molecule is O=C(CCc1ccccc1)Nn1cnc2c(cnn2-c2ccccc2)c1=O. The van der Waals surface area contributed by atoms with Gasteiger partial charge in [-0.1, -0.05) is 48.5 Å². The maximum absolute atomic E-state index is 12.6. The van der Waals surface area contributed by atoms with Crippen LogP contribution >= 0.6 is 0 Å². The highest BCUT2D eigenvalue weighted by molar-refractivity contribution is 5.84. The quantitative estimate of drug-likeness (QED) is 0.593. The molecule has 1 amide bonds. The number of para-hydroxylation sites is 1. The number of carbonyl (C=O) groups is 1. The number of amides is 1. The molecule has 2 aromatic carbocycles. The van der Waals surface area contributed by atoms with E-state index in [0.29, 0.717) is 17.5 Å². The Balaban J connectivity index is 1.54. The molecule has 2 heterocycles. The molecule has 0 aliphatic heterocycles. The normalized spacial score (nSPS) is 10.8. The third kappa shape index (κ3) is 3.48. The Morgan fingerprint density at radius 3 is 2.44 bits per heavy atom. The van der Waals surface area contributed by atoms with Gasteiger partial charge in [0.05, 0.1) is 11.9 Å². The van der Waals surface area contributed by atoms with Gasteiger partial charge >= 0.3 is 0 Å². The lowest BCUT2D eigenvalue weighted by Crippen LogP contribution is -2.33. The number of hydrogen-bond acceptors (Lipinski definition) is 4. The van der Waals surface area contributed by atoms with Crippen LogP contribution in [0.3, 0.4) is 0 Å². The Hall–Kier alpha value is -3.74. The Bertz CT molecular complexity index is 1130. The van der Waals surface area contributed by atoms with E-state index in [4.69, 9.17) is 0 Å². The van der Waals surface area contributed by atoms with Crippen LogP contribution in [0.2, 0.25) is 0 Å². The smallest absolute Gasteiger partial charge is 0.273 e. The zero-order chi connectivity index (χ0) is 18.6. The predicted octanol–water partition coefficient (Wildman–Crippen LogP) is 2.29. The maximum Gasteiger partial charge on any atom is 0.283 e. The van der Waals surface area contributed by atoms with Crippen LogP contribution in [-0.4, -0.2) is 25.3 Å². The van der Waals surface area contributed by atoms with Crippen molar-refractivity contribution in [1.82, 2.24) is 19.4 Å². The topological polar surface area (TPSA) is 81.8 Å². The van der Waals surface area contributed by atoms with Crippen molar-refractivity contribution in [2.24, 2.45) is 0 Å². The number of benzene rings is 2. The largest absolute Gasteiger partial charge is 0.283 e. The molecule has 0 saturated carbocycles. The highest BCUT2D eigenvalue weighted by Crippen LogP contribution is 2.12. The highest BCUT2D eigenvalue weighted by atomic mass is 16.2. The molecule has 4 aromatic rings. The lowest BCUT2D eigenvalue weighted by Gasteiger charge is -2.08. The molecule has 0 atom stereocenters. The van der Waals surface area contributed by atoms with E-state index < -0.39 is 0 Å². The Morgan fingerprint density at radius 2 is 1.70 bits per heavy atom. The second-order valence-corrected chi connectivity index (χ2v) is 6.07. The van der Waals surface area contributed by atoms with Gasteiger partial charge in [0.2, 0.25) is 5.91 Å². The van der Waals surface area contributed by atoms with Crippen molar-refractivity contribution in [3.8, 4) is 5.69 Å². The summed E-state index contributed by atoms with van der Waals surface area (Å²) in [5, 5.41) is 4.59. The fourth-order valence-electron chi connectivity index (χ4n) is 2.84. The molecule has 2 aromatic heterocycles. The van der Waals surface area contributed by atoms with Crippen molar-refractivity contribution in [3.05, 3.63) is 89.1 Å². The molecule has 27 heavy (non-hydrogen) atoms. The molecule has 0 spiro atoms. The minimum absolute atomic E-state index is 0.252. The van der Waals surface area contributed by atoms with Gasteiger partial charge in [0.1, 0.15) is 11.7 Å². The van der Waals surface area contributed by atoms with Crippen LogP contribution in [0.4, 0.5) is 0 Å². The number of aromatic nitrogens is 4. The van der Waals surface area contributed by atoms with Crippen molar-refractivity contribution in [3.63, 3.8) is 0 Å². The van der Waals surface area contributed by atoms with Crippen LogP contribution in [0.1, 0.15) is 12.0 Å². The summed E-state index contributed by atoms with van der Waals surface area (Å²) in [5.74, 6) is -0.252. The van der Waals surface area contributed by atoms with Crippen molar-refractivity contribution < 1.29 is 4.79 Å². The van der Waals surface area contributed by atoms with Crippen LogP contribution in [-0.2, 0) is 11.2 Å². The van der Waals surface area contributed by atoms with Gasteiger partial charge in [-0.25, -0.2) is 14.3 Å². The lowest BCUT2D eigenvalue weighted by atomic mass is 10.1. The van der Waals surface area contributed by atoms with Gasteiger partial charge in [0.25, 0.3) is 5.56 Å². The van der Waals surface area contributed by atoms with Crippen molar-refractivity contribution in [2.75, 3.05) is 5.43 Å². The Kier molecular flexibility index (Phi) is 4.49. The molecule has 0 saturated heterocycles. The molecule has 134 valence electrons. The van der Waals surface area contributed by atoms with Crippen LogP contribution in [0.15, 0.2) is 78.0 Å². The molecule has 7 heteroatoms. The van der Waals surface area contributed by atoms with Crippen LogP contribution in [0.25, 0.3) is 16.7 Å². The first kappa shape index (κ1) is 16.7. The predicted molar refractivity (Wildman–Crippen MR) is 102 cm³/mol. The summed E-state index contributed by atoms with van der Waals surface area (Å²) in [6, 6.07) is 19.2. The minimum atomic E-state index is -0.366. The average Bonchev–Trinajstić information content (AvgIpc) is 3.15. The highest BCUT2D eigenvalue weighted by Gasteiger charge is 2.12. The van der Waals surface area contributed by atoms with E-state index in [0.717, 1.165) is 15.9 Å². The minimum Gasteiger partial charge on any atom is -0.273 e. The summed E-state index contributed by atoms with van der Waals surface area (Å²) in [7, 11) is 0. The monoisotopic (exact) mass is 359 g/mol. The fourth-order valence-corrected chi connectivity index (χ4v) is 2.84. The van der Waals surface area contributed by atoms with Gasteiger partial charge < -0.3 is 0 Å². The number of nitrogens with zero attached hydrogens (tertiary/aromatic N) is 4. The van der Waals surface area contributed by atoms with Gasteiger partial charge in [-0.05, 0) is 24.1 Å². The summed E-state index contributed by atoms with van der Waals surface area (Å²) in [5.41, 5.74) is 4.54. The van der Waals surface area contributed by atoms with E-state index in [1.54, 1.807) is 4.68 Å². The van der Waals surface area contributed by atoms with Crippen LogP contribution < -0.4 is 11.0 Å². The number of nitrogens with one attached hydrogen (secondary N) is 1. The van der Waals surface area contributed by atoms with Crippen molar-refractivity contribution in [1.29, 1.82) is 0 Å². The summed E-state index contributed by atoms with van der Waals surface area (Å²) < 4.78 is 2.70. The van der Waals surface area contributed by atoms with E-state index in [2.05, 4.69) is 15.5 Å². The van der Waals surface area contributed by atoms with Gasteiger partial charge in [-0.3, -0.25) is 15.0 Å². The molecule has 0 bridgehead atoms. The molecule has 0 radical (unpaired) electrons. The van der Waals surface area contributed by atoms with E-state index in [1.165, 1.54) is 12.5 Å². The van der Waals surface area contributed by atoms with Gasteiger partial charge in [-0.15, -0.1) is 0 Å². The van der Waals surface area contributed by atoms with Crippen LogP contribution in [0, 0.1) is 0 Å². The molecule has 1 N–H and O–H groups in total. The molecule has 0 aliphatic rings. The summed E-state index contributed by atoms with van der Waals surface area (Å²) >= 11 is 0. The first-order chi connectivity index (χ1) is 13.2. The van der Waals surface area contributed by atoms with E-state index >= 15 is 0 Å². The van der Waals surface area contributed by atoms with Gasteiger partial charge in [0.15, 0.2) is 5.65 Å². The molecule has 0 unspecified atom stereocenters. The number of aryl methyl sites for hydroxylation is 1. The molecule has 7 nitrogen and oxygen atoms in total. The number of rotatable bonds is 5. The van der Waals surface area contributed by atoms with Gasteiger partial charge in [-0.2, -0.15) is 5.10 Å². The Labute approximate surface area is 154 Å². The molecule has 0 aliphatic carbocycles. The third-order valence-corrected chi connectivity index (χ3v) is 4.22. The standard InChI is InChI=1S/C20H17N5O2/c26-18(12-11-15-7-3-1-4-8-15)23-24-14-21-19-17(20(24)27)13-22-25(19)16-9-5-2-6-10-16/h1-10,13-14H,11-12H2,(H,23,26). The van der Waals surface area contributed by atoms with E-state index in [1.807, 2.05) is 60.7 Å². The van der Waals surface area contributed by atoms with Crippen molar-refractivity contribution in [2.45, 2.75) is 12.8 Å². The second kappa shape index (κ2) is 7.25. The molecular weight excluding hydrogens is 342 g/mol. The number of hydrogen-bond donors (Lipinski definition) is 1.